The summed E-state index contributed by atoms with van der Waals surface area (Å²) in [6.45, 7) is 7.71. The number of fused-ring (bicyclic) bond motifs is 1. The van der Waals surface area contributed by atoms with Crippen LogP contribution in [0.25, 0.3) is 11.0 Å². The average molecular weight is 419 g/mol. The lowest BCUT2D eigenvalue weighted by atomic mass is 9.97. The van der Waals surface area contributed by atoms with Gasteiger partial charge >= 0.3 is 0 Å². The van der Waals surface area contributed by atoms with E-state index in [1.165, 1.54) is 5.56 Å². The summed E-state index contributed by atoms with van der Waals surface area (Å²) in [4.78, 5) is 20.1. The van der Waals surface area contributed by atoms with Crippen LogP contribution >= 0.6 is 0 Å². The van der Waals surface area contributed by atoms with Gasteiger partial charge in [-0.1, -0.05) is 56.3 Å². The highest BCUT2D eigenvalue weighted by atomic mass is 16.1. The molecule has 3 aromatic rings. The van der Waals surface area contributed by atoms with Gasteiger partial charge < -0.3 is 14.8 Å². The van der Waals surface area contributed by atoms with Gasteiger partial charge in [0.1, 0.15) is 0 Å². The van der Waals surface area contributed by atoms with E-state index in [2.05, 4.69) is 77.2 Å². The van der Waals surface area contributed by atoms with E-state index in [-0.39, 0.29) is 11.8 Å². The van der Waals surface area contributed by atoms with Crippen molar-refractivity contribution >= 4 is 22.9 Å². The Labute approximate surface area is 185 Å². The lowest BCUT2D eigenvalue weighted by Gasteiger charge is -2.33. The number of aryl methyl sites for hydroxylation is 2. The van der Waals surface area contributed by atoms with Crippen LogP contribution in [-0.2, 0) is 17.8 Å². The molecule has 4 rings (SSSR count). The van der Waals surface area contributed by atoms with Crippen molar-refractivity contribution in [2.24, 2.45) is 11.8 Å². The number of carbonyl (C=O) groups is 1. The first kappa shape index (κ1) is 21.4. The zero-order chi connectivity index (χ0) is 21.6. The number of anilines is 1. The molecule has 1 unspecified atom stereocenters. The summed E-state index contributed by atoms with van der Waals surface area (Å²) in [5, 5.41) is 3.15. The van der Waals surface area contributed by atoms with Gasteiger partial charge in [-0.2, -0.15) is 0 Å². The van der Waals surface area contributed by atoms with E-state index >= 15 is 0 Å². The molecule has 1 aliphatic heterocycles. The molecule has 0 radical (unpaired) electrons. The highest BCUT2D eigenvalue weighted by molar-refractivity contribution is 5.81. The van der Waals surface area contributed by atoms with Crippen molar-refractivity contribution < 1.29 is 4.79 Å². The number of hydrogen-bond acceptors (Lipinski definition) is 3. The summed E-state index contributed by atoms with van der Waals surface area (Å²) in [5.74, 6) is 1.82. The number of rotatable bonds is 8. The van der Waals surface area contributed by atoms with Gasteiger partial charge in [0, 0.05) is 26.2 Å². The van der Waals surface area contributed by atoms with Crippen LogP contribution < -0.4 is 10.2 Å². The zero-order valence-electron chi connectivity index (χ0n) is 18.8. The molecule has 1 N–H and O–H groups in total. The highest BCUT2D eigenvalue weighted by Gasteiger charge is 2.28. The van der Waals surface area contributed by atoms with Crippen molar-refractivity contribution in [3.05, 3.63) is 60.2 Å². The van der Waals surface area contributed by atoms with Crippen molar-refractivity contribution in [2.75, 3.05) is 24.5 Å². The van der Waals surface area contributed by atoms with E-state index in [1.807, 2.05) is 6.07 Å². The standard InChI is InChI=1S/C26H34N4O/c1-20(2)14-16-27-25(31)22-11-8-17-29(19-22)26-28-23-12-6-7-13-24(23)30(26)18-15-21-9-4-3-5-10-21/h3-7,9-10,12-13,20,22H,8,11,14-19H2,1-2H3,(H,27,31). The molecule has 0 aliphatic carbocycles. The molecule has 164 valence electrons. The Morgan fingerprint density at radius 3 is 2.71 bits per heavy atom. The first-order valence-electron chi connectivity index (χ1n) is 11.6. The van der Waals surface area contributed by atoms with Crippen molar-refractivity contribution in [3.63, 3.8) is 0 Å². The predicted molar refractivity (Wildman–Crippen MR) is 127 cm³/mol. The highest BCUT2D eigenvalue weighted by Crippen LogP contribution is 2.27. The van der Waals surface area contributed by atoms with Crippen LogP contribution in [-0.4, -0.2) is 35.1 Å². The fourth-order valence-corrected chi connectivity index (χ4v) is 4.41. The second-order valence-corrected chi connectivity index (χ2v) is 9.05. The second-order valence-electron chi connectivity index (χ2n) is 9.05. The van der Waals surface area contributed by atoms with Gasteiger partial charge in [0.15, 0.2) is 0 Å². The van der Waals surface area contributed by atoms with E-state index in [0.29, 0.717) is 5.92 Å². The topological polar surface area (TPSA) is 50.2 Å². The monoisotopic (exact) mass is 418 g/mol. The van der Waals surface area contributed by atoms with Crippen LogP contribution in [0.1, 0.15) is 38.7 Å². The number of hydrogen-bond donors (Lipinski definition) is 1. The number of amides is 1. The van der Waals surface area contributed by atoms with Crippen LogP contribution in [0, 0.1) is 11.8 Å². The van der Waals surface area contributed by atoms with E-state index < -0.39 is 0 Å². The Morgan fingerprint density at radius 1 is 1.13 bits per heavy atom. The van der Waals surface area contributed by atoms with Crippen LogP contribution in [0.15, 0.2) is 54.6 Å². The fraction of sp³-hybridized carbons (Fsp3) is 0.462. The third-order valence-electron chi connectivity index (χ3n) is 6.20. The number of aromatic nitrogens is 2. The molecule has 0 bridgehead atoms. The van der Waals surface area contributed by atoms with Gasteiger partial charge in [-0.3, -0.25) is 4.79 Å². The number of piperidine rings is 1. The normalized spacial score (nSPS) is 16.7. The predicted octanol–water partition coefficient (Wildman–Crippen LogP) is 4.66. The molecule has 1 atom stereocenters. The largest absolute Gasteiger partial charge is 0.356 e. The van der Waals surface area contributed by atoms with Gasteiger partial charge in [0.2, 0.25) is 11.9 Å². The maximum Gasteiger partial charge on any atom is 0.224 e. The van der Waals surface area contributed by atoms with Crippen molar-refractivity contribution in [1.29, 1.82) is 0 Å². The van der Waals surface area contributed by atoms with E-state index in [4.69, 9.17) is 4.98 Å². The smallest absolute Gasteiger partial charge is 0.224 e. The maximum absolute atomic E-state index is 12.8. The third-order valence-corrected chi connectivity index (χ3v) is 6.20. The fourth-order valence-electron chi connectivity index (χ4n) is 4.41. The number of para-hydroxylation sites is 2. The Balaban J connectivity index is 1.51. The average Bonchev–Trinajstić information content (AvgIpc) is 3.17. The molecule has 31 heavy (non-hydrogen) atoms. The van der Waals surface area contributed by atoms with Gasteiger partial charge in [-0.15, -0.1) is 0 Å². The van der Waals surface area contributed by atoms with Crippen molar-refractivity contribution in [3.8, 4) is 0 Å². The van der Waals surface area contributed by atoms with Crippen LogP contribution in [0.4, 0.5) is 5.95 Å². The van der Waals surface area contributed by atoms with Crippen LogP contribution in [0.2, 0.25) is 0 Å². The summed E-state index contributed by atoms with van der Waals surface area (Å²) in [6, 6.07) is 18.9. The number of nitrogens with one attached hydrogen (secondary N) is 1. The van der Waals surface area contributed by atoms with Gasteiger partial charge in [0.25, 0.3) is 0 Å². The quantitative estimate of drug-likeness (QED) is 0.579. The molecule has 2 aromatic carbocycles. The summed E-state index contributed by atoms with van der Waals surface area (Å²) in [7, 11) is 0. The van der Waals surface area contributed by atoms with Crippen molar-refractivity contribution in [2.45, 2.75) is 46.1 Å². The Bertz CT molecular complexity index is 995. The minimum atomic E-state index is 0.0308. The SMILES string of the molecule is CC(C)CCNC(=O)C1CCCN(c2nc3ccccc3n2CCc2ccccc2)C1. The van der Waals surface area contributed by atoms with E-state index in [9.17, 15) is 4.79 Å². The molecule has 1 aliphatic rings. The molecule has 0 saturated carbocycles. The number of benzene rings is 2. The van der Waals surface area contributed by atoms with Gasteiger partial charge in [0.05, 0.1) is 17.0 Å². The number of nitrogens with zero attached hydrogens (tertiary/aromatic N) is 3. The lowest BCUT2D eigenvalue weighted by Crippen LogP contribution is -2.44. The minimum Gasteiger partial charge on any atom is -0.356 e. The van der Waals surface area contributed by atoms with Gasteiger partial charge in [-0.25, -0.2) is 4.98 Å². The minimum absolute atomic E-state index is 0.0308. The first-order valence-corrected chi connectivity index (χ1v) is 11.6. The second kappa shape index (κ2) is 9.99. The summed E-state index contributed by atoms with van der Waals surface area (Å²) < 4.78 is 2.33. The molecular formula is C26H34N4O. The van der Waals surface area contributed by atoms with Crippen molar-refractivity contribution in [1.82, 2.24) is 14.9 Å². The zero-order valence-corrected chi connectivity index (χ0v) is 18.8. The molecule has 5 heteroatoms. The first-order chi connectivity index (χ1) is 15.1. The molecule has 5 nitrogen and oxygen atoms in total. The Morgan fingerprint density at radius 2 is 1.90 bits per heavy atom. The lowest BCUT2D eigenvalue weighted by molar-refractivity contribution is -0.125. The molecular weight excluding hydrogens is 384 g/mol. The Hall–Kier alpha value is -2.82. The van der Waals surface area contributed by atoms with E-state index in [0.717, 1.165) is 68.8 Å². The summed E-state index contributed by atoms with van der Waals surface area (Å²) >= 11 is 0. The molecule has 1 fully saturated rings. The van der Waals surface area contributed by atoms with Gasteiger partial charge in [-0.05, 0) is 49.3 Å². The summed E-state index contributed by atoms with van der Waals surface area (Å²) in [6.07, 6.45) is 3.96. The maximum atomic E-state index is 12.8. The van der Waals surface area contributed by atoms with Crippen LogP contribution in [0.3, 0.4) is 0 Å². The molecule has 2 heterocycles. The number of imidazole rings is 1. The Kier molecular flexibility index (Phi) is 6.90. The molecule has 0 spiro atoms. The molecule has 1 saturated heterocycles. The number of carbonyl (C=O) groups excluding carboxylic acids is 1. The third kappa shape index (κ3) is 5.27. The molecule has 1 amide bonds. The van der Waals surface area contributed by atoms with Crippen LogP contribution in [0.5, 0.6) is 0 Å². The van der Waals surface area contributed by atoms with E-state index in [1.54, 1.807) is 0 Å². The molecule has 1 aromatic heterocycles. The summed E-state index contributed by atoms with van der Waals surface area (Å²) in [5.41, 5.74) is 3.51.